The fourth-order valence-electron chi connectivity index (χ4n) is 1.75. The predicted octanol–water partition coefficient (Wildman–Crippen LogP) is 2.32. The number of hydrogen-bond donors (Lipinski definition) is 2. The lowest BCUT2D eigenvalue weighted by Crippen LogP contribution is -2.24. The van der Waals surface area contributed by atoms with Gasteiger partial charge in [0.25, 0.3) is 5.91 Å². The molecule has 1 aromatic heterocycles. The first-order valence-electron chi connectivity index (χ1n) is 6.64. The second kappa shape index (κ2) is 6.99. The fraction of sp³-hybridized carbons (Fsp3) is 0.125. The predicted molar refractivity (Wildman–Crippen MR) is 83.7 cm³/mol. The molecule has 0 aliphatic rings. The standard InChI is InChI=1S/C16H15N5O/c1-3-8-18-15(22)14-9-11(2)19-16(21-14)20-13-6-4-12(10-17)5-7-13/h3-7,9H,1,8H2,2H3,(H,18,22)(H,19,20,21). The van der Waals surface area contributed by atoms with Crippen molar-refractivity contribution in [3.8, 4) is 6.07 Å². The molecule has 22 heavy (non-hydrogen) atoms. The van der Waals surface area contributed by atoms with Crippen molar-refractivity contribution >= 4 is 17.5 Å². The number of carbonyl (C=O) groups excluding carboxylic acids is 1. The maximum absolute atomic E-state index is 11.9. The number of hydrogen-bond acceptors (Lipinski definition) is 5. The first-order valence-corrected chi connectivity index (χ1v) is 6.64. The summed E-state index contributed by atoms with van der Waals surface area (Å²) in [6.45, 7) is 5.71. The number of aryl methyl sites for hydroxylation is 1. The average Bonchev–Trinajstić information content (AvgIpc) is 2.52. The van der Waals surface area contributed by atoms with Crippen LogP contribution in [0, 0.1) is 18.3 Å². The summed E-state index contributed by atoms with van der Waals surface area (Å²) in [6, 6.07) is 10.5. The molecule has 0 aliphatic heterocycles. The van der Waals surface area contributed by atoms with Crippen LogP contribution in [0.1, 0.15) is 21.7 Å². The summed E-state index contributed by atoms with van der Waals surface area (Å²) >= 11 is 0. The van der Waals surface area contributed by atoms with Crippen LogP contribution in [-0.4, -0.2) is 22.4 Å². The van der Waals surface area contributed by atoms with E-state index in [9.17, 15) is 4.79 Å². The van der Waals surface area contributed by atoms with Crippen molar-refractivity contribution in [3.05, 3.63) is 59.9 Å². The number of amides is 1. The molecule has 0 fully saturated rings. The summed E-state index contributed by atoms with van der Waals surface area (Å²) in [7, 11) is 0. The second-order valence-corrected chi connectivity index (χ2v) is 4.53. The molecule has 2 N–H and O–H groups in total. The molecule has 0 radical (unpaired) electrons. The Hall–Kier alpha value is -3.20. The largest absolute Gasteiger partial charge is 0.347 e. The molecule has 6 nitrogen and oxygen atoms in total. The van der Waals surface area contributed by atoms with Gasteiger partial charge >= 0.3 is 0 Å². The Morgan fingerprint density at radius 2 is 2.09 bits per heavy atom. The molecule has 0 unspecified atom stereocenters. The van der Waals surface area contributed by atoms with Gasteiger partial charge in [0.15, 0.2) is 0 Å². The summed E-state index contributed by atoms with van der Waals surface area (Å²) in [5, 5.41) is 14.5. The lowest BCUT2D eigenvalue weighted by molar-refractivity contribution is 0.0953. The molecule has 110 valence electrons. The first-order chi connectivity index (χ1) is 10.6. The van der Waals surface area contributed by atoms with Gasteiger partial charge in [-0.15, -0.1) is 6.58 Å². The van der Waals surface area contributed by atoms with E-state index in [1.165, 1.54) is 0 Å². The third kappa shape index (κ3) is 3.90. The van der Waals surface area contributed by atoms with Crippen LogP contribution in [0.15, 0.2) is 43.0 Å². The first kappa shape index (κ1) is 15.2. The van der Waals surface area contributed by atoms with E-state index < -0.39 is 0 Å². The van der Waals surface area contributed by atoms with E-state index in [4.69, 9.17) is 5.26 Å². The Kier molecular flexibility index (Phi) is 4.83. The lowest BCUT2D eigenvalue weighted by Gasteiger charge is -2.08. The molecule has 0 atom stereocenters. The van der Waals surface area contributed by atoms with E-state index in [1.807, 2.05) is 0 Å². The van der Waals surface area contributed by atoms with Gasteiger partial charge in [0.05, 0.1) is 11.6 Å². The zero-order valence-electron chi connectivity index (χ0n) is 12.1. The number of rotatable bonds is 5. The summed E-state index contributed by atoms with van der Waals surface area (Å²) in [4.78, 5) is 20.4. The molecule has 1 amide bonds. The summed E-state index contributed by atoms with van der Waals surface area (Å²) in [6.07, 6.45) is 1.60. The van der Waals surface area contributed by atoms with Crippen LogP contribution in [0.5, 0.6) is 0 Å². The van der Waals surface area contributed by atoms with Crippen molar-refractivity contribution in [2.75, 3.05) is 11.9 Å². The molecule has 0 aliphatic carbocycles. The Bertz CT molecular complexity index is 731. The van der Waals surface area contributed by atoms with Crippen LogP contribution in [-0.2, 0) is 0 Å². The van der Waals surface area contributed by atoms with Gasteiger partial charge < -0.3 is 10.6 Å². The number of nitriles is 1. The molecule has 0 saturated heterocycles. The molecule has 1 heterocycles. The molecular weight excluding hydrogens is 278 g/mol. The van der Waals surface area contributed by atoms with Crippen molar-refractivity contribution in [1.82, 2.24) is 15.3 Å². The van der Waals surface area contributed by atoms with Gasteiger partial charge in [0, 0.05) is 17.9 Å². The highest BCUT2D eigenvalue weighted by atomic mass is 16.1. The van der Waals surface area contributed by atoms with Crippen LogP contribution in [0.2, 0.25) is 0 Å². The fourth-order valence-corrected chi connectivity index (χ4v) is 1.75. The smallest absolute Gasteiger partial charge is 0.270 e. The zero-order chi connectivity index (χ0) is 15.9. The van der Waals surface area contributed by atoms with E-state index >= 15 is 0 Å². The molecule has 1 aromatic carbocycles. The minimum absolute atomic E-state index is 0.283. The van der Waals surface area contributed by atoms with Crippen molar-refractivity contribution in [3.63, 3.8) is 0 Å². The van der Waals surface area contributed by atoms with E-state index in [-0.39, 0.29) is 11.6 Å². The van der Waals surface area contributed by atoms with E-state index in [1.54, 1.807) is 43.3 Å². The van der Waals surface area contributed by atoms with Crippen molar-refractivity contribution in [2.45, 2.75) is 6.92 Å². The molecule has 2 aromatic rings. The number of aromatic nitrogens is 2. The van der Waals surface area contributed by atoms with Gasteiger partial charge in [-0.25, -0.2) is 9.97 Å². The monoisotopic (exact) mass is 293 g/mol. The van der Waals surface area contributed by atoms with Gasteiger partial charge in [-0.05, 0) is 37.3 Å². The van der Waals surface area contributed by atoms with E-state index in [2.05, 4.69) is 33.2 Å². The lowest BCUT2D eigenvalue weighted by atomic mass is 10.2. The normalized spacial score (nSPS) is 9.64. The maximum atomic E-state index is 11.9. The highest BCUT2D eigenvalue weighted by Crippen LogP contribution is 2.14. The Morgan fingerprint density at radius 1 is 1.36 bits per heavy atom. The number of anilines is 2. The third-order valence-electron chi connectivity index (χ3n) is 2.76. The summed E-state index contributed by atoms with van der Waals surface area (Å²) in [5.74, 6) is 0.0433. The number of nitrogens with one attached hydrogen (secondary N) is 2. The Balaban J connectivity index is 2.20. The van der Waals surface area contributed by atoms with Crippen LogP contribution in [0.3, 0.4) is 0 Å². The van der Waals surface area contributed by atoms with Crippen molar-refractivity contribution in [1.29, 1.82) is 5.26 Å². The van der Waals surface area contributed by atoms with Gasteiger partial charge in [-0.3, -0.25) is 4.79 Å². The molecule has 2 rings (SSSR count). The quantitative estimate of drug-likeness (QED) is 0.825. The van der Waals surface area contributed by atoms with Crippen molar-refractivity contribution < 1.29 is 4.79 Å². The molecule has 6 heteroatoms. The zero-order valence-corrected chi connectivity index (χ0v) is 12.1. The SMILES string of the molecule is C=CCNC(=O)c1cc(C)nc(Nc2ccc(C#N)cc2)n1. The Morgan fingerprint density at radius 3 is 2.73 bits per heavy atom. The molecule has 0 saturated carbocycles. The number of benzene rings is 1. The van der Waals surface area contributed by atoms with Gasteiger partial charge in [-0.2, -0.15) is 5.26 Å². The summed E-state index contributed by atoms with van der Waals surface area (Å²) in [5.41, 5.74) is 2.27. The van der Waals surface area contributed by atoms with Crippen LogP contribution in [0.25, 0.3) is 0 Å². The second-order valence-electron chi connectivity index (χ2n) is 4.53. The van der Waals surface area contributed by atoms with Crippen molar-refractivity contribution in [2.24, 2.45) is 0 Å². The van der Waals surface area contributed by atoms with Gasteiger partial charge in [0.1, 0.15) is 5.69 Å². The van der Waals surface area contributed by atoms with E-state index in [0.29, 0.717) is 23.8 Å². The summed E-state index contributed by atoms with van der Waals surface area (Å²) < 4.78 is 0. The maximum Gasteiger partial charge on any atom is 0.270 e. The van der Waals surface area contributed by atoms with Gasteiger partial charge in [-0.1, -0.05) is 6.08 Å². The average molecular weight is 293 g/mol. The van der Waals surface area contributed by atoms with E-state index in [0.717, 1.165) is 5.69 Å². The third-order valence-corrected chi connectivity index (χ3v) is 2.76. The van der Waals surface area contributed by atoms with Gasteiger partial charge in [0.2, 0.25) is 5.95 Å². The minimum atomic E-state index is -0.284. The molecule has 0 spiro atoms. The highest BCUT2D eigenvalue weighted by Gasteiger charge is 2.10. The minimum Gasteiger partial charge on any atom is -0.347 e. The number of carbonyl (C=O) groups is 1. The highest BCUT2D eigenvalue weighted by molar-refractivity contribution is 5.92. The van der Waals surface area contributed by atoms with Crippen LogP contribution >= 0.6 is 0 Å². The Labute approximate surface area is 128 Å². The topological polar surface area (TPSA) is 90.7 Å². The molecule has 0 bridgehead atoms. The molecular formula is C16H15N5O. The van der Waals surface area contributed by atoms with Crippen LogP contribution in [0.4, 0.5) is 11.6 Å². The number of nitrogens with zero attached hydrogens (tertiary/aromatic N) is 3. The van der Waals surface area contributed by atoms with Crippen LogP contribution < -0.4 is 10.6 Å².